The molecule has 1 N–H and O–H groups in total. The highest BCUT2D eigenvalue weighted by atomic mass is 32.2. The molecule has 140 valence electrons. The third-order valence-electron chi connectivity index (χ3n) is 4.71. The lowest BCUT2D eigenvalue weighted by Crippen LogP contribution is -2.32. The van der Waals surface area contributed by atoms with Crippen molar-refractivity contribution in [3.8, 4) is 0 Å². The third-order valence-corrected chi connectivity index (χ3v) is 6.61. The monoisotopic (exact) mass is 369 g/mol. The van der Waals surface area contributed by atoms with Gasteiger partial charge in [-0.3, -0.25) is 10.1 Å². The summed E-state index contributed by atoms with van der Waals surface area (Å²) in [7, 11) is -3.70. The van der Waals surface area contributed by atoms with Crippen molar-refractivity contribution in [2.24, 2.45) is 0 Å². The molecule has 8 heteroatoms. The van der Waals surface area contributed by atoms with Crippen molar-refractivity contribution in [3.05, 3.63) is 28.3 Å². The molecule has 1 aliphatic heterocycles. The molecule has 0 aromatic heterocycles. The molecule has 1 heterocycles. The molecule has 1 aromatic rings. The van der Waals surface area contributed by atoms with Crippen LogP contribution in [-0.4, -0.2) is 36.8 Å². The van der Waals surface area contributed by atoms with E-state index in [9.17, 15) is 18.5 Å². The van der Waals surface area contributed by atoms with Crippen LogP contribution in [0.2, 0.25) is 0 Å². The predicted octanol–water partition coefficient (Wildman–Crippen LogP) is 3.76. The summed E-state index contributed by atoms with van der Waals surface area (Å²) in [6.45, 7) is 4.96. The summed E-state index contributed by atoms with van der Waals surface area (Å²) in [5.74, 6) is 0. The van der Waals surface area contributed by atoms with Gasteiger partial charge in [0.2, 0.25) is 10.0 Å². The number of nitrogens with one attached hydrogen (secondary N) is 1. The summed E-state index contributed by atoms with van der Waals surface area (Å²) >= 11 is 0. The van der Waals surface area contributed by atoms with Crippen molar-refractivity contribution < 1.29 is 13.3 Å². The van der Waals surface area contributed by atoms with E-state index in [1.165, 1.54) is 22.5 Å². The average Bonchev–Trinajstić information content (AvgIpc) is 2.89. The molecule has 0 aliphatic carbocycles. The van der Waals surface area contributed by atoms with Crippen LogP contribution >= 0.6 is 0 Å². The van der Waals surface area contributed by atoms with Crippen LogP contribution in [0.4, 0.5) is 11.4 Å². The third kappa shape index (κ3) is 4.70. The lowest BCUT2D eigenvalue weighted by Gasteiger charge is -2.21. The number of nitrogens with zero attached hydrogens (tertiary/aromatic N) is 2. The van der Waals surface area contributed by atoms with Crippen molar-refractivity contribution in [2.75, 3.05) is 18.4 Å². The molecule has 1 aliphatic rings. The molecular formula is C17H27N3O4S. The minimum absolute atomic E-state index is 0.00352. The molecular weight excluding hydrogens is 342 g/mol. The van der Waals surface area contributed by atoms with Crippen LogP contribution in [0, 0.1) is 10.1 Å². The molecule has 0 radical (unpaired) electrons. The molecule has 1 aromatic carbocycles. The van der Waals surface area contributed by atoms with Crippen LogP contribution in [0.5, 0.6) is 0 Å². The number of benzene rings is 1. The van der Waals surface area contributed by atoms with Crippen LogP contribution in [0.15, 0.2) is 23.1 Å². The fourth-order valence-corrected chi connectivity index (χ4v) is 4.63. The lowest BCUT2D eigenvalue weighted by molar-refractivity contribution is -0.384. The van der Waals surface area contributed by atoms with E-state index < -0.39 is 14.9 Å². The van der Waals surface area contributed by atoms with Gasteiger partial charge in [-0.15, -0.1) is 0 Å². The lowest BCUT2D eigenvalue weighted by atomic mass is 10.1. The predicted molar refractivity (Wildman–Crippen MR) is 98.3 cm³/mol. The SMILES string of the molecule is CCC(CC)Nc1ccc(S(=O)(=O)N2CCCCCC2)cc1[N+](=O)[O-]. The maximum atomic E-state index is 12.8. The smallest absolute Gasteiger partial charge is 0.293 e. The summed E-state index contributed by atoms with van der Waals surface area (Å²) < 4.78 is 27.1. The molecule has 0 bridgehead atoms. The Morgan fingerprint density at radius 2 is 1.76 bits per heavy atom. The van der Waals surface area contributed by atoms with Gasteiger partial charge in [0.1, 0.15) is 5.69 Å². The first-order chi connectivity index (χ1) is 11.9. The van der Waals surface area contributed by atoms with Gasteiger partial charge >= 0.3 is 0 Å². The molecule has 0 spiro atoms. The highest BCUT2D eigenvalue weighted by Crippen LogP contribution is 2.30. The molecule has 0 atom stereocenters. The normalized spacial score (nSPS) is 16.6. The molecule has 0 unspecified atom stereocenters. The fourth-order valence-electron chi connectivity index (χ4n) is 3.09. The molecule has 1 fully saturated rings. The second-order valence-corrected chi connectivity index (χ2v) is 8.35. The van der Waals surface area contributed by atoms with E-state index in [0.717, 1.165) is 38.5 Å². The van der Waals surface area contributed by atoms with Crippen molar-refractivity contribution >= 4 is 21.4 Å². The largest absolute Gasteiger partial charge is 0.377 e. The van der Waals surface area contributed by atoms with E-state index in [1.54, 1.807) is 0 Å². The zero-order chi connectivity index (χ0) is 18.4. The minimum atomic E-state index is -3.70. The zero-order valence-electron chi connectivity index (χ0n) is 14.9. The van der Waals surface area contributed by atoms with E-state index in [2.05, 4.69) is 5.32 Å². The van der Waals surface area contributed by atoms with Gasteiger partial charge in [-0.1, -0.05) is 26.7 Å². The summed E-state index contributed by atoms with van der Waals surface area (Å²) in [5.41, 5.74) is 0.177. The van der Waals surface area contributed by atoms with Crippen molar-refractivity contribution in [2.45, 2.75) is 63.3 Å². The Morgan fingerprint density at radius 1 is 1.16 bits per heavy atom. The van der Waals surface area contributed by atoms with Gasteiger partial charge in [0.25, 0.3) is 5.69 Å². The zero-order valence-corrected chi connectivity index (χ0v) is 15.7. The summed E-state index contributed by atoms with van der Waals surface area (Å²) in [6, 6.07) is 4.29. The van der Waals surface area contributed by atoms with Crippen LogP contribution in [0.3, 0.4) is 0 Å². The standard InChI is InChI=1S/C17H27N3O4S/c1-3-14(4-2)18-16-10-9-15(13-17(16)20(21)22)25(23,24)19-11-7-5-6-8-12-19/h9-10,13-14,18H,3-8,11-12H2,1-2H3. The van der Waals surface area contributed by atoms with Gasteiger partial charge in [0.05, 0.1) is 9.82 Å². The Balaban J connectivity index is 2.35. The second-order valence-electron chi connectivity index (χ2n) is 6.41. The Bertz CT molecular complexity index is 694. The van der Waals surface area contributed by atoms with E-state index in [-0.39, 0.29) is 16.6 Å². The van der Waals surface area contributed by atoms with Gasteiger partial charge < -0.3 is 5.32 Å². The van der Waals surface area contributed by atoms with Crippen LogP contribution in [0.25, 0.3) is 0 Å². The quantitative estimate of drug-likeness (QED) is 0.583. The minimum Gasteiger partial charge on any atom is -0.377 e. The highest BCUT2D eigenvalue weighted by Gasteiger charge is 2.28. The molecule has 25 heavy (non-hydrogen) atoms. The number of sulfonamides is 1. The number of hydrogen-bond donors (Lipinski definition) is 1. The van der Waals surface area contributed by atoms with Crippen LogP contribution in [0.1, 0.15) is 52.4 Å². The second kappa shape index (κ2) is 8.62. The Labute approximate surface area is 149 Å². The molecule has 0 amide bonds. The maximum absolute atomic E-state index is 12.8. The first kappa shape index (κ1) is 19.7. The molecule has 1 saturated heterocycles. The van der Waals surface area contributed by atoms with Crippen molar-refractivity contribution in [1.82, 2.24) is 4.31 Å². The summed E-state index contributed by atoms with van der Waals surface area (Å²) in [5, 5.41) is 14.6. The van der Waals surface area contributed by atoms with E-state index in [1.807, 2.05) is 13.8 Å². The molecule has 0 saturated carbocycles. The molecule has 2 rings (SSSR count). The van der Waals surface area contributed by atoms with Gasteiger partial charge in [-0.25, -0.2) is 8.42 Å². The van der Waals surface area contributed by atoms with Crippen LogP contribution in [-0.2, 0) is 10.0 Å². The Morgan fingerprint density at radius 3 is 2.28 bits per heavy atom. The number of anilines is 1. The average molecular weight is 369 g/mol. The first-order valence-corrected chi connectivity index (χ1v) is 10.4. The highest BCUT2D eigenvalue weighted by molar-refractivity contribution is 7.89. The van der Waals surface area contributed by atoms with E-state index in [0.29, 0.717) is 18.8 Å². The fraction of sp³-hybridized carbons (Fsp3) is 0.647. The van der Waals surface area contributed by atoms with Gasteiger partial charge in [-0.2, -0.15) is 4.31 Å². The summed E-state index contributed by atoms with van der Waals surface area (Å²) in [6.07, 6.45) is 5.36. The number of rotatable bonds is 7. The number of hydrogen-bond acceptors (Lipinski definition) is 5. The van der Waals surface area contributed by atoms with Crippen molar-refractivity contribution in [1.29, 1.82) is 0 Å². The van der Waals surface area contributed by atoms with Crippen LogP contribution < -0.4 is 5.32 Å². The topological polar surface area (TPSA) is 92.6 Å². The van der Waals surface area contributed by atoms with E-state index >= 15 is 0 Å². The Kier molecular flexibility index (Phi) is 6.78. The van der Waals surface area contributed by atoms with Crippen molar-refractivity contribution in [3.63, 3.8) is 0 Å². The Hall–Kier alpha value is -1.67. The number of nitro benzene ring substituents is 1. The first-order valence-electron chi connectivity index (χ1n) is 8.95. The molecule has 7 nitrogen and oxygen atoms in total. The maximum Gasteiger partial charge on any atom is 0.293 e. The van der Waals surface area contributed by atoms with E-state index in [4.69, 9.17) is 0 Å². The van der Waals surface area contributed by atoms with Gasteiger partial charge in [-0.05, 0) is 37.8 Å². The number of nitro groups is 1. The van der Waals surface area contributed by atoms with Gasteiger partial charge in [0.15, 0.2) is 0 Å². The summed E-state index contributed by atoms with van der Waals surface area (Å²) in [4.78, 5) is 10.9. The van der Waals surface area contributed by atoms with Gasteiger partial charge in [0, 0.05) is 25.2 Å².